The van der Waals surface area contributed by atoms with Crippen LogP contribution in [0.25, 0.3) is 0 Å². The predicted molar refractivity (Wildman–Crippen MR) is 52.9 cm³/mol. The summed E-state index contributed by atoms with van der Waals surface area (Å²) in [6.07, 6.45) is 2.31. The van der Waals surface area contributed by atoms with Crippen LogP contribution in [0.3, 0.4) is 0 Å². The van der Waals surface area contributed by atoms with E-state index < -0.39 is 0 Å². The van der Waals surface area contributed by atoms with Gasteiger partial charge < -0.3 is 14.7 Å². The maximum Gasteiger partial charge on any atom is 0.224 e. The molecule has 1 aliphatic heterocycles. The molecule has 1 amide bonds. The van der Waals surface area contributed by atoms with Gasteiger partial charge in [-0.2, -0.15) is 0 Å². The molecule has 0 aromatic heterocycles. The van der Waals surface area contributed by atoms with Crippen LogP contribution in [-0.2, 0) is 9.53 Å². The summed E-state index contributed by atoms with van der Waals surface area (Å²) in [4.78, 5) is 13.1. The Labute approximate surface area is 84.8 Å². The second-order valence-corrected chi connectivity index (χ2v) is 3.80. The number of ether oxygens (including phenoxy) is 1. The highest BCUT2D eigenvalue weighted by Crippen LogP contribution is 2.15. The van der Waals surface area contributed by atoms with Crippen molar-refractivity contribution in [3.8, 4) is 0 Å². The number of nitrogens with zero attached hydrogens (tertiary/aromatic N) is 1. The lowest BCUT2D eigenvalue weighted by Crippen LogP contribution is -2.34. The van der Waals surface area contributed by atoms with Crippen LogP contribution >= 0.6 is 0 Å². The Morgan fingerprint density at radius 1 is 1.50 bits per heavy atom. The van der Waals surface area contributed by atoms with Gasteiger partial charge in [-0.1, -0.05) is 0 Å². The summed E-state index contributed by atoms with van der Waals surface area (Å²) in [6.45, 7) is 2.36. The van der Waals surface area contributed by atoms with E-state index in [1.807, 2.05) is 0 Å². The van der Waals surface area contributed by atoms with Gasteiger partial charge in [0.25, 0.3) is 0 Å². The number of amides is 1. The number of aliphatic hydroxyl groups excluding tert-OH is 1. The minimum Gasteiger partial charge on any atom is -0.396 e. The third-order valence-corrected chi connectivity index (χ3v) is 2.62. The normalized spacial score (nSPS) is 18.1. The topological polar surface area (TPSA) is 49.8 Å². The second-order valence-electron chi connectivity index (χ2n) is 3.80. The standard InChI is InChI=1S/C10H19NO3/c1-11(10(13)2-5-12)8-9-3-6-14-7-4-9/h9,12H,2-8H2,1H3. The molecule has 0 aromatic carbocycles. The minimum absolute atomic E-state index is 0.0268. The first-order valence-corrected chi connectivity index (χ1v) is 5.16. The highest BCUT2D eigenvalue weighted by atomic mass is 16.5. The zero-order chi connectivity index (χ0) is 10.4. The number of carbonyl (C=O) groups is 1. The first kappa shape index (κ1) is 11.5. The summed E-state index contributed by atoms with van der Waals surface area (Å²) >= 11 is 0. The monoisotopic (exact) mass is 201 g/mol. The van der Waals surface area contributed by atoms with Crippen LogP contribution in [0.1, 0.15) is 19.3 Å². The van der Waals surface area contributed by atoms with Crippen LogP contribution in [0.15, 0.2) is 0 Å². The lowest BCUT2D eigenvalue weighted by atomic mass is 10.00. The van der Waals surface area contributed by atoms with Crippen molar-refractivity contribution >= 4 is 5.91 Å². The summed E-state index contributed by atoms with van der Waals surface area (Å²) in [6, 6.07) is 0. The number of rotatable bonds is 4. The molecule has 0 aromatic rings. The van der Waals surface area contributed by atoms with Crippen LogP contribution in [0, 0.1) is 5.92 Å². The largest absolute Gasteiger partial charge is 0.396 e. The Hall–Kier alpha value is -0.610. The molecule has 4 heteroatoms. The van der Waals surface area contributed by atoms with Crippen molar-refractivity contribution in [3.63, 3.8) is 0 Å². The molecule has 82 valence electrons. The lowest BCUT2D eigenvalue weighted by Gasteiger charge is -2.27. The Bertz CT molecular complexity index is 178. The molecule has 4 nitrogen and oxygen atoms in total. The molecule has 0 bridgehead atoms. The SMILES string of the molecule is CN(CC1CCOCC1)C(=O)CCO. The minimum atomic E-state index is -0.0586. The van der Waals surface area contributed by atoms with Crippen molar-refractivity contribution in [2.75, 3.05) is 33.4 Å². The van der Waals surface area contributed by atoms with E-state index in [0.717, 1.165) is 32.6 Å². The van der Waals surface area contributed by atoms with E-state index in [2.05, 4.69) is 0 Å². The summed E-state index contributed by atoms with van der Waals surface area (Å²) in [7, 11) is 1.80. The van der Waals surface area contributed by atoms with E-state index in [1.54, 1.807) is 11.9 Å². The summed E-state index contributed by atoms with van der Waals surface area (Å²) < 4.78 is 5.25. The maximum atomic E-state index is 11.4. The number of carbonyl (C=O) groups excluding carboxylic acids is 1. The molecule has 1 aliphatic rings. The van der Waals surface area contributed by atoms with Crippen LogP contribution in [0.5, 0.6) is 0 Å². The Morgan fingerprint density at radius 3 is 2.71 bits per heavy atom. The first-order chi connectivity index (χ1) is 6.74. The van der Waals surface area contributed by atoms with Crippen molar-refractivity contribution in [2.24, 2.45) is 5.92 Å². The lowest BCUT2D eigenvalue weighted by molar-refractivity contribution is -0.131. The van der Waals surface area contributed by atoms with Crippen LogP contribution in [-0.4, -0.2) is 49.3 Å². The van der Waals surface area contributed by atoms with Gasteiger partial charge in [-0.05, 0) is 18.8 Å². The third kappa shape index (κ3) is 3.64. The fourth-order valence-electron chi connectivity index (χ4n) is 1.70. The molecule has 0 atom stereocenters. The number of hydrogen-bond acceptors (Lipinski definition) is 3. The average molecular weight is 201 g/mol. The van der Waals surface area contributed by atoms with E-state index in [1.165, 1.54) is 0 Å². The summed E-state index contributed by atoms with van der Waals surface area (Å²) in [5.74, 6) is 0.593. The van der Waals surface area contributed by atoms with Gasteiger partial charge in [0.05, 0.1) is 6.61 Å². The molecule has 0 aliphatic carbocycles. The smallest absolute Gasteiger partial charge is 0.224 e. The van der Waals surface area contributed by atoms with Crippen LogP contribution < -0.4 is 0 Å². The van der Waals surface area contributed by atoms with E-state index in [-0.39, 0.29) is 18.9 Å². The van der Waals surface area contributed by atoms with Crippen molar-refractivity contribution in [1.29, 1.82) is 0 Å². The summed E-state index contributed by atoms with van der Waals surface area (Å²) in [5, 5.41) is 8.62. The Balaban J connectivity index is 2.24. The van der Waals surface area contributed by atoms with Crippen molar-refractivity contribution in [1.82, 2.24) is 4.90 Å². The van der Waals surface area contributed by atoms with E-state index in [9.17, 15) is 4.79 Å². The van der Waals surface area contributed by atoms with E-state index in [4.69, 9.17) is 9.84 Å². The third-order valence-electron chi connectivity index (χ3n) is 2.62. The molecular formula is C10H19NO3. The second kappa shape index (κ2) is 5.98. The van der Waals surface area contributed by atoms with E-state index >= 15 is 0 Å². The quantitative estimate of drug-likeness (QED) is 0.709. The average Bonchev–Trinajstić information content (AvgIpc) is 2.19. The number of hydrogen-bond donors (Lipinski definition) is 1. The predicted octanol–water partition coefficient (Wildman–Crippen LogP) is 0.254. The molecule has 0 radical (unpaired) electrons. The first-order valence-electron chi connectivity index (χ1n) is 5.16. The molecule has 0 saturated carbocycles. The molecule has 0 spiro atoms. The van der Waals surface area contributed by atoms with Crippen molar-refractivity contribution in [2.45, 2.75) is 19.3 Å². The molecule has 1 heterocycles. The highest BCUT2D eigenvalue weighted by molar-refractivity contribution is 5.75. The molecule has 1 fully saturated rings. The van der Waals surface area contributed by atoms with Gasteiger partial charge in [0, 0.05) is 33.2 Å². The Kier molecular flexibility index (Phi) is 4.90. The molecule has 1 rings (SSSR count). The fraction of sp³-hybridized carbons (Fsp3) is 0.900. The van der Waals surface area contributed by atoms with Crippen LogP contribution in [0.4, 0.5) is 0 Å². The van der Waals surface area contributed by atoms with Gasteiger partial charge in [0.1, 0.15) is 0 Å². The molecule has 14 heavy (non-hydrogen) atoms. The summed E-state index contributed by atoms with van der Waals surface area (Å²) in [5.41, 5.74) is 0. The van der Waals surface area contributed by atoms with E-state index in [0.29, 0.717) is 5.92 Å². The molecular weight excluding hydrogens is 182 g/mol. The van der Waals surface area contributed by atoms with Gasteiger partial charge in [-0.3, -0.25) is 4.79 Å². The van der Waals surface area contributed by atoms with Gasteiger partial charge in [-0.15, -0.1) is 0 Å². The van der Waals surface area contributed by atoms with Gasteiger partial charge in [-0.25, -0.2) is 0 Å². The van der Waals surface area contributed by atoms with Gasteiger partial charge in [0.2, 0.25) is 5.91 Å². The van der Waals surface area contributed by atoms with Crippen LogP contribution in [0.2, 0.25) is 0 Å². The Morgan fingerprint density at radius 2 is 2.14 bits per heavy atom. The zero-order valence-corrected chi connectivity index (χ0v) is 8.74. The molecule has 1 saturated heterocycles. The van der Waals surface area contributed by atoms with Crippen molar-refractivity contribution < 1.29 is 14.6 Å². The molecule has 1 N–H and O–H groups in total. The highest BCUT2D eigenvalue weighted by Gasteiger charge is 2.17. The van der Waals surface area contributed by atoms with Gasteiger partial charge >= 0.3 is 0 Å². The maximum absolute atomic E-state index is 11.4. The fourth-order valence-corrected chi connectivity index (χ4v) is 1.70. The van der Waals surface area contributed by atoms with Gasteiger partial charge in [0.15, 0.2) is 0 Å². The van der Waals surface area contributed by atoms with Crippen molar-refractivity contribution in [3.05, 3.63) is 0 Å². The molecule has 0 unspecified atom stereocenters. The number of aliphatic hydroxyl groups is 1. The zero-order valence-electron chi connectivity index (χ0n) is 8.74.